The lowest BCUT2D eigenvalue weighted by Gasteiger charge is -2.40. The number of hydrogen-bond acceptors (Lipinski definition) is 5. The van der Waals surface area contributed by atoms with Crippen LogP contribution in [0.1, 0.15) is 81.4 Å². The second-order valence-corrected chi connectivity index (χ2v) is 11.5. The van der Waals surface area contributed by atoms with Crippen LogP contribution in [0, 0.1) is 6.92 Å². The van der Waals surface area contributed by atoms with Crippen molar-refractivity contribution in [3.63, 3.8) is 0 Å². The predicted molar refractivity (Wildman–Crippen MR) is 141 cm³/mol. The zero-order valence-corrected chi connectivity index (χ0v) is 22.8. The van der Waals surface area contributed by atoms with Crippen molar-refractivity contribution in [1.29, 1.82) is 0 Å². The molecule has 6 heteroatoms. The third-order valence-electron chi connectivity index (χ3n) is 6.34. The topological polar surface area (TPSA) is 65.1 Å². The summed E-state index contributed by atoms with van der Waals surface area (Å²) in [5.41, 5.74) is 2.15. The highest BCUT2D eigenvalue weighted by Gasteiger charge is 2.53. The first-order valence-corrected chi connectivity index (χ1v) is 12.7. The van der Waals surface area contributed by atoms with E-state index in [2.05, 4.69) is 31.2 Å². The first-order valence-electron chi connectivity index (χ1n) is 12.7. The monoisotopic (exact) mass is 495 g/mol. The molecule has 0 spiro atoms. The van der Waals surface area contributed by atoms with Gasteiger partial charge in [0.25, 0.3) is 0 Å². The van der Waals surface area contributed by atoms with Crippen molar-refractivity contribution in [2.24, 2.45) is 0 Å². The average Bonchev–Trinajstić information content (AvgIpc) is 3.03. The predicted octanol–water partition coefficient (Wildman–Crippen LogP) is 6.48. The molecule has 1 fully saturated rings. The fourth-order valence-corrected chi connectivity index (χ4v) is 4.49. The van der Waals surface area contributed by atoms with Crippen molar-refractivity contribution in [1.82, 2.24) is 4.90 Å². The molecule has 36 heavy (non-hydrogen) atoms. The van der Waals surface area contributed by atoms with Crippen molar-refractivity contribution in [3.8, 4) is 0 Å². The second-order valence-electron chi connectivity index (χ2n) is 11.5. The Morgan fingerprint density at radius 3 is 2.19 bits per heavy atom. The second kappa shape index (κ2) is 11.1. The van der Waals surface area contributed by atoms with E-state index in [0.29, 0.717) is 26.2 Å². The highest BCUT2D eigenvalue weighted by molar-refractivity contribution is 5.96. The minimum atomic E-state index is -0.790. The molecule has 1 aliphatic rings. The molecule has 1 amide bonds. The number of carbonyl (C=O) groups is 2. The minimum absolute atomic E-state index is 0.153. The van der Waals surface area contributed by atoms with Gasteiger partial charge in [0.05, 0.1) is 25.4 Å². The van der Waals surface area contributed by atoms with Crippen molar-refractivity contribution in [2.75, 3.05) is 13.2 Å². The van der Waals surface area contributed by atoms with Gasteiger partial charge < -0.3 is 14.2 Å². The number of aryl methyl sites for hydroxylation is 2. The Morgan fingerprint density at radius 2 is 1.58 bits per heavy atom. The van der Waals surface area contributed by atoms with E-state index in [9.17, 15) is 9.59 Å². The Kier molecular flexibility index (Phi) is 8.63. The Balaban J connectivity index is 1.50. The van der Waals surface area contributed by atoms with Crippen molar-refractivity contribution >= 4 is 11.9 Å². The van der Waals surface area contributed by atoms with Gasteiger partial charge in [-0.05, 0) is 72.4 Å². The lowest BCUT2D eigenvalue weighted by Crippen LogP contribution is -2.57. The molecule has 0 radical (unpaired) electrons. The molecular weight excluding hydrogens is 454 g/mol. The first-order chi connectivity index (χ1) is 16.8. The summed E-state index contributed by atoms with van der Waals surface area (Å²) in [5.74, 6) is 0.153. The number of benzene rings is 2. The molecule has 0 saturated carbocycles. The van der Waals surface area contributed by atoms with E-state index < -0.39 is 23.0 Å². The third-order valence-corrected chi connectivity index (χ3v) is 6.34. The Labute approximate surface area is 215 Å². The number of hydrogen-bond donors (Lipinski definition) is 0. The molecule has 1 aliphatic heterocycles. The zero-order valence-electron chi connectivity index (χ0n) is 22.8. The van der Waals surface area contributed by atoms with Crippen LogP contribution in [0.4, 0.5) is 4.79 Å². The number of ether oxygens (including phenoxy) is 3. The van der Waals surface area contributed by atoms with Gasteiger partial charge in [0.1, 0.15) is 11.3 Å². The molecular formula is C30H41NO5. The van der Waals surface area contributed by atoms with E-state index >= 15 is 0 Å². The van der Waals surface area contributed by atoms with Crippen LogP contribution < -0.4 is 0 Å². The molecule has 0 bridgehead atoms. The van der Waals surface area contributed by atoms with Crippen LogP contribution in [-0.2, 0) is 27.2 Å². The summed E-state index contributed by atoms with van der Waals surface area (Å²) in [5, 5.41) is 0. The molecule has 2 aromatic carbocycles. The standard InChI is InChI=1S/C30H41NO5/c1-22-11-13-23(14-12-22)9-8-10-26(32)25-17-15-24(16-18-25)19-34-20-30(7)21-35-29(5,6)31(30)27(33)36-28(2,3)4/h11-18H,8-10,19-21H2,1-7H3/t30-/m1/s1. The highest BCUT2D eigenvalue weighted by atomic mass is 16.6. The molecule has 3 rings (SSSR count). The first kappa shape index (κ1) is 27.9. The highest BCUT2D eigenvalue weighted by Crippen LogP contribution is 2.36. The lowest BCUT2D eigenvalue weighted by atomic mass is 10.0. The van der Waals surface area contributed by atoms with Gasteiger partial charge >= 0.3 is 6.09 Å². The Bertz CT molecular complexity index is 1040. The van der Waals surface area contributed by atoms with Crippen LogP contribution in [0.5, 0.6) is 0 Å². The van der Waals surface area contributed by atoms with Crippen molar-refractivity contribution < 1.29 is 23.8 Å². The smallest absolute Gasteiger partial charge is 0.413 e. The van der Waals surface area contributed by atoms with E-state index in [1.165, 1.54) is 11.1 Å². The summed E-state index contributed by atoms with van der Waals surface area (Å²) in [4.78, 5) is 27.2. The van der Waals surface area contributed by atoms with Gasteiger partial charge in [-0.15, -0.1) is 0 Å². The fraction of sp³-hybridized carbons (Fsp3) is 0.533. The zero-order chi connectivity index (χ0) is 26.6. The summed E-state index contributed by atoms with van der Waals surface area (Å²) >= 11 is 0. The van der Waals surface area contributed by atoms with E-state index in [1.807, 2.05) is 65.8 Å². The number of nitrogens with zero attached hydrogens (tertiary/aromatic N) is 1. The SMILES string of the molecule is Cc1ccc(CCCC(=O)c2ccc(COC[C@]3(C)COC(C)(C)N3C(=O)OC(C)(C)C)cc2)cc1. The quantitative estimate of drug-likeness (QED) is 0.373. The van der Waals surface area contributed by atoms with Gasteiger partial charge in [-0.3, -0.25) is 9.69 Å². The van der Waals surface area contributed by atoms with E-state index in [-0.39, 0.29) is 5.78 Å². The van der Waals surface area contributed by atoms with E-state index in [0.717, 1.165) is 24.0 Å². The largest absolute Gasteiger partial charge is 0.444 e. The Hall–Kier alpha value is -2.70. The van der Waals surface area contributed by atoms with Crippen LogP contribution >= 0.6 is 0 Å². The third kappa shape index (κ3) is 7.40. The van der Waals surface area contributed by atoms with Gasteiger partial charge in [-0.2, -0.15) is 0 Å². The van der Waals surface area contributed by atoms with Crippen LogP contribution in [0.15, 0.2) is 48.5 Å². The number of amides is 1. The van der Waals surface area contributed by atoms with Crippen LogP contribution in [0.25, 0.3) is 0 Å². The maximum Gasteiger partial charge on any atom is 0.413 e. The van der Waals surface area contributed by atoms with Gasteiger partial charge in [0.15, 0.2) is 5.78 Å². The molecule has 1 heterocycles. The molecule has 0 aromatic heterocycles. The molecule has 0 aliphatic carbocycles. The molecule has 2 aromatic rings. The van der Waals surface area contributed by atoms with Crippen LogP contribution in [-0.4, -0.2) is 46.9 Å². The number of carbonyl (C=O) groups excluding carboxylic acids is 2. The summed E-state index contributed by atoms with van der Waals surface area (Å²) in [6.45, 7) is 14.3. The van der Waals surface area contributed by atoms with Gasteiger partial charge in [-0.1, -0.05) is 54.1 Å². The van der Waals surface area contributed by atoms with Crippen LogP contribution in [0.2, 0.25) is 0 Å². The molecule has 0 unspecified atom stereocenters. The average molecular weight is 496 g/mol. The molecule has 196 valence electrons. The van der Waals surface area contributed by atoms with Gasteiger partial charge in [-0.25, -0.2) is 4.79 Å². The van der Waals surface area contributed by atoms with Crippen LogP contribution in [0.3, 0.4) is 0 Å². The molecule has 1 atom stereocenters. The van der Waals surface area contributed by atoms with E-state index in [1.54, 1.807) is 4.90 Å². The lowest BCUT2D eigenvalue weighted by molar-refractivity contribution is -0.0752. The summed E-state index contributed by atoms with van der Waals surface area (Å²) in [6, 6.07) is 16.0. The number of Topliss-reactive ketones (excluding diaryl/α,β-unsaturated/α-hetero) is 1. The maximum atomic E-state index is 12.9. The summed E-state index contributed by atoms with van der Waals surface area (Å²) in [7, 11) is 0. The number of ketones is 1. The molecule has 0 N–H and O–H groups in total. The maximum absolute atomic E-state index is 12.9. The van der Waals surface area contributed by atoms with E-state index in [4.69, 9.17) is 14.2 Å². The number of rotatable bonds is 9. The molecule has 6 nitrogen and oxygen atoms in total. The minimum Gasteiger partial charge on any atom is -0.444 e. The van der Waals surface area contributed by atoms with Crippen molar-refractivity contribution in [2.45, 2.75) is 91.2 Å². The fourth-order valence-electron chi connectivity index (χ4n) is 4.49. The summed E-state index contributed by atoms with van der Waals surface area (Å²) < 4.78 is 17.6. The van der Waals surface area contributed by atoms with Gasteiger partial charge in [0.2, 0.25) is 0 Å². The Morgan fingerprint density at radius 1 is 0.972 bits per heavy atom. The summed E-state index contributed by atoms with van der Waals surface area (Å²) in [6.07, 6.45) is 1.84. The van der Waals surface area contributed by atoms with Gasteiger partial charge in [0, 0.05) is 12.0 Å². The molecule has 1 saturated heterocycles. The normalized spacial score (nSPS) is 19.4. The van der Waals surface area contributed by atoms with Crippen molar-refractivity contribution in [3.05, 3.63) is 70.8 Å².